The van der Waals surface area contributed by atoms with Crippen LogP contribution in [-0.2, 0) is 10.0 Å². The fourth-order valence-electron chi connectivity index (χ4n) is 3.19. The highest BCUT2D eigenvalue weighted by Crippen LogP contribution is 2.20. The number of hydrogen-bond acceptors (Lipinski definition) is 4. The molecule has 1 aromatic heterocycles. The minimum absolute atomic E-state index is 0.0653. The Bertz CT molecular complexity index is 881. The number of hydrogen-bond donors (Lipinski definition) is 2. The molecule has 2 heterocycles. The summed E-state index contributed by atoms with van der Waals surface area (Å²) in [6.07, 6.45) is 1.13. The van der Waals surface area contributed by atoms with Gasteiger partial charge in [-0.05, 0) is 51.0 Å². The van der Waals surface area contributed by atoms with Crippen LogP contribution in [0.3, 0.4) is 0 Å². The van der Waals surface area contributed by atoms with Crippen LogP contribution < -0.4 is 4.72 Å². The Kier molecular flexibility index (Phi) is 5.36. The van der Waals surface area contributed by atoms with Crippen LogP contribution in [0, 0.1) is 13.8 Å². The van der Waals surface area contributed by atoms with E-state index in [1.54, 1.807) is 43.0 Å². The van der Waals surface area contributed by atoms with E-state index in [0.717, 1.165) is 0 Å². The normalized spacial score (nSPS) is 16.0. The highest BCUT2D eigenvalue weighted by Gasteiger charge is 2.29. The number of sulfonamides is 1. The molecule has 140 valence electrons. The molecule has 0 spiro atoms. The van der Waals surface area contributed by atoms with Gasteiger partial charge in [-0.3, -0.25) is 9.89 Å². The number of aryl methyl sites for hydroxylation is 2. The van der Waals surface area contributed by atoms with Gasteiger partial charge in [0.25, 0.3) is 5.91 Å². The molecular formula is C17H21ClN4O3S. The van der Waals surface area contributed by atoms with E-state index in [1.165, 1.54) is 0 Å². The molecule has 0 saturated carbocycles. The molecule has 0 unspecified atom stereocenters. The summed E-state index contributed by atoms with van der Waals surface area (Å²) in [4.78, 5) is 14.5. The molecule has 2 N–H and O–H groups in total. The summed E-state index contributed by atoms with van der Waals surface area (Å²) in [5.74, 6) is -0.0653. The smallest absolute Gasteiger partial charge is 0.253 e. The summed E-state index contributed by atoms with van der Waals surface area (Å²) < 4.78 is 28.0. The number of carbonyl (C=O) groups is 1. The Balaban J connectivity index is 1.62. The van der Waals surface area contributed by atoms with Gasteiger partial charge in [-0.15, -0.1) is 0 Å². The van der Waals surface area contributed by atoms with E-state index in [2.05, 4.69) is 14.9 Å². The molecule has 1 amide bonds. The number of likely N-dealkylation sites (tertiary alicyclic amines) is 1. The number of carbonyl (C=O) groups excluding carboxylic acids is 1. The first-order valence-electron chi connectivity index (χ1n) is 8.36. The topological polar surface area (TPSA) is 95.2 Å². The Hall–Kier alpha value is -1.90. The lowest BCUT2D eigenvalue weighted by Crippen LogP contribution is -2.46. The third-order valence-electron chi connectivity index (χ3n) is 4.52. The number of aromatic amines is 1. The number of benzene rings is 1. The highest BCUT2D eigenvalue weighted by molar-refractivity contribution is 7.89. The zero-order valence-electron chi connectivity index (χ0n) is 14.6. The number of halogens is 1. The first-order chi connectivity index (χ1) is 12.3. The van der Waals surface area contributed by atoms with Crippen molar-refractivity contribution in [3.05, 3.63) is 46.2 Å². The van der Waals surface area contributed by atoms with E-state index in [0.29, 0.717) is 47.9 Å². The van der Waals surface area contributed by atoms with Crippen molar-refractivity contribution in [2.75, 3.05) is 13.1 Å². The van der Waals surface area contributed by atoms with Crippen molar-refractivity contribution in [3.63, 3.8) is 0 Å². The van der Waals surface area contributed by atoms with E-state index in [9.17, 15) is 13.2 Å². The van der Waals surface area contributed by atoms with Gasteiger partial charge in [-0.25, -0.2) is 13.1 Å². The Morgan fingerprint density at radius 3 is 2.38 bits per heavy atom. The lowest BCUT2D eigenvalue weighted by molar-refractivity contribution is 0.0711. The van der Waals surface area contributed by atoms with E-state index >= 15 is 0 Å². The van der Waals surface area contributed by atoms with Crippen molar-refractivity contribution in [3.8, 4) is 0 Å². The molecule has 1 aliphatic rings. The van der Waals surface area contributed by atoms with Gasteiger partial charge in [-0.1, -0.05) is 11.6 Å². The summed E-state index contributed by atoms with van der Waals surface area (Å²) in [5.41, 5.74) is 1.55. The average Bonchev–Trinajstić information content (AvgIpc) is 2.95. The molecule has 1 aliphatic heterocycles. The molecule has 0 radical (unpaired) electrons. The van der Waals surface area contributed by atoms with Crippen LogP contribution in [0.2, 0.25) is 5.02 Å². The number of nitrogens with zero attached hydrogens (tertiary/aromatic N) is 2. The number of piperidine rings is 1. The fourth-order valence-corrected chi connectivity index (χ4v) is 4.99. The number of H-pyrrole nitrogens is 1. The van der Waals surface area contributed by atoms with Crippen molar-refractivity contribution in [1.82, 2.24) is 19.8 Å². The highest BCUT2D eigenvalue weighted by atomic mass is 35.5. The van der Waals surface area contributed by atoms with Gasteiger partial charge in [0, 0.05) is 29.7 Å². The van der Waals surface area contributed by atoms with Crippen LogP contribution in [0.1, 0.15) is 34.6 Å². The zero-order chi connectivity index (χ0) is 18.9. The van der Waals surface area contributed by atoms with Gasteiger partial charge >= 0.3 is 0 Å². The quantitative estimate of drug-likeness (QED) is 0.828. The third-order valence-corrected chi connectivity index (χ3v) is 6.56. The van der Waals surface area contributed by atoms with Crippen LogP contribution in [0.5, 0.6) is 0 Å². The molecule has 0 atom stereocenters. The summed E-state index contributed by atoms with van der Waals surface area (Å²) in [6.45, 7) is 4.34. The number of amides is 1. The van der Waals surface area contributed by atoms with Gasteiger partial charge in [0.05, 0.1) is 11.4 Å². The van der Waals surface area contributed by atoms with Crippen molar-refractivity contribution >= 4 is 27.5 Å². The van der Waals surface area contributed by atoms with E-state index < -0.39 is 10.0 Å². The second-order valence-corrected chi connectivity index (χ2v) is 8.55. The molecule has 1 fully saturated rings. The molecular weight excluding hydrogens is 376 g/mol. The second kappa shape index (κ2) is 7.38. The van der Waals surface area contributed by atoms with Gasteiger partial charge in [0.1, 0.15) is 4.90 Å². The fraction of sp³-hybridized carbons (Fsp3) is 0.412. The van der Waals surface area contributed by atoms with Crippen molar-refractivity contribution in [1.29, 1.82) is 0 Å². The van der Waals surface area contributed by atoms with Crippen molar-refractivity contribution < 1.29 is 13.2 Å². The molecule has 1 aromatic carbocycles. The lowest BCUT2D eigenvalue weighted by Gasteiger charge is -2.32. The van der Waals surface area contributed by atoms with Crippen molar-refractivity contribution in [2.45, 2.75) is 37.6 Å². The van der Waals surface area contributed by atoms with Gasteiger partial charge < -0.3 is 4.90 Å². The second-order valence-electron chi connectivity index (χ2n) is 6.46. The zero-order valence-corrected chi connectivity index (χ0v) is 16.2. The van der Waals surface area contributed by atoms with E-state index in [-0.39, 0.29) is 16.8 Å². The monoisotopic (exact) mass is 396 g/mol. The summed E-state index contributed by atoms with van der Waals surface area (Å²) in [7, 11) is -3.63. The molecule has 26 heavy (non-hydrogen) atoms. The summed E-state index contributed by atoms with van der Waals surface area (Å²) in [6, 6.07) is 6.56. The number of nitrogens with one attached hydrogen (secondary N) is 2. The van der Waals surface area contributed by atoms with Gasteiger partial charge in [0.15, 0.2) is 0 Å². The maximum absolute atomic E-state index is 12.6. The van der Waals surface area contributed by atoms with E-state index in [4.69, 9.17) is 11.6 Å². The van der Waals surface area contributed by atoms with Crippen LogP contribution >= 0.6 is 11.6 Å². The van der Waals surface area contributed by atoms with Crippen LogP contribution in [0.4, 0.5) is 0 Å². The maximum atomic E-state index is 12.6. The average molecular weight is 397 g/mol. The third kappa shape index (κ3) is 3.92. The predicted molar refractivity (Wildman–Crippen MR) is 98.8 cm³/mol. The molecule has 3 rings (SSSR count). The first kappa shape index (κ1) is 18.9. The molecule has 7 nitrogen and oxygen atoms in total. The van der Waals surface area contributed by atoms with Crippen LogP contribution in [0.15, 0.2) is 29.2 Å². The number of rotatable bonds is 4. The largest absolute Gasteiger partial charge is 0.339 e. The first-order valence-corrected chi connectivity index (χ1v) is 10.2. The molecule has 9 heteroatoms. The van der Waals surface area contributed by atoms with Gasteiger partial charge in [0.2, 0.25) is 10.0 Å². The Morgan fingerprint density at radius 2 is 1.85 bits per heavy atom. The van der Waals surface area contributed by atoms with Crippen LogP contribution in [-0.4, -0.2) is 48.6 Å². The van der Waals surface area contributed by atoms with Crippen LogP contribution in [0.25, 0.3) is 0 Å². The Morgan fingerprint density at radius 1 is 1.23 bits per heavy atom. The summed E-state index contributed by atoms with van der Waals surface area (Å²) in [5, 5.41) is 7.22. The SMILES string of the molecule is Cc1n[nH]c(C)c1S(=O)(=O)NC1CCN(C(=O)c2ccc(Cl)cc2)CC1. The lowest BCUT2D eigenvalue weighted by atomic mass is 10.0. The molecule has 0 aliphatic carbocycles. The van der Waals surface area contributed by atoms with Crippen molar-refractivity contribution in [2.24, 2.45) is 0 Å². The molecule has 1 saturated heterocycles. The number of aromatic nitrogens is 2. The minimum Gasteiger partial charge on any atom is -0.339 e. The van der Waals surface area contributed by atoms with Gasteiger partial charge in [-0.2, -0.15) is 5.10 Å². The molecule has 2 aromatic rings. The Labute approximate surface area is 157 Å². The van der Waals surface area contributed by atoms with E-state index in [1.807, 2.05) is 0 Å². The standard InChI is InChI=1S/C17H21ClN4O3S/c1-11-16(12(2)20-19-11)26(24,25)21-15-7-9-22(10-8-15)17(23)13-3-5-14(18)6-4-13/h3-6,15,21H,7-10H2,1-2H3,(H,19,20). The predicted octanol–water partition coefficient (Wildman–Crippen LogP) is 2.26. The summed E-state index contributed by atoms with van der Waals surface area (Å²) >= 11 is 5.85. The minimum atomic E-state index is -3.63. The molecule has 0 bridgehead atoms. The maximum Gasteiger partial charge on any atom is 0.253 e.